The van der Waals surface area contributed by atoms with E-state index in [0.29, 0.717) is 11.3 Å². The Labute approximate surface area is 212 Å². The number of aryl methyl sites for hydroxylation is 1. The normalized spacial score (nSPS) is 13.7. The van der Waals surface area contributed by atoms with Crippen LogP contribution < -0.4 is 15.0 Å². The second kappa shape index (κ2) is 9.82. The van der Waals surface area contributed by atoms with E-state index in [4.69, 9.17) is 9.47 Å². The number of rotatable bonds is 6. The summed E-state index contributed by atoms with van der Waals surface area (Å²) < 4.78 is 13.4. The molecule has 1 aliphatic rings. The van der Waals surface area contributed by atoms with Crippen molar-refractivity contribution in [3.05, 3.63) is 93.4 Å². The quantitative estimate of drug-likeness (QED) is 0.343. The third-order valence-electron chi connectivity index (χ3n) is 7.39. The molecule has 0 saturated carbocycles. The highest BCUT2D eigenvalue weighted by Crippen LogP contribution is 2.38. The van der Waals surface area contributed by atoms with Crippen LogP contribution >= 0.6 is 0 Å². The van der Waals surface area contributed by atoms with Crippen LogP contribution in [-0.4, -0.2) is 30.2 Å². The van der Waals surface area contributed by atoms with Crippen molar-refractivity contribution in [1.82, 2.24) is 9.47 Å². The van der Waals surface area contributed by atoms with Gasteiger partial charge in [-0.15, -0.1) is 0 Å². The zero-order valence-electron chi connectivity index (χ0n) is 21.8. The number of ether oxygens (including phenoxy) is 2. The maximum absolute atomic E-state index is 12.7. The van der Waals surface area contributed by atoms with Crippen LogP contribution in [0.1, 0.15) is 42.0 Å². The first kappa shape index (κ1) is 24.1. The first-order valence-corrected chi connectivity index (χ1v) is 12.6. The van der Waals surface area contributed by atoms with E-state index in [1.54, 1.807) is 25.8 Å². The van der Waals surface area contributed by atoms with Crippen molar-refractivity contribution in [2.75, 3.05) is 20.8 Å². The Bertz CT molecular complexity index is 1460. The van der Waals surface area contributed by atoms with Crippen molar-refractivity contribution in [1.29, 1.82) is 0 Å². The Morgan fingerprint density at radius 2 is 1.64 bits per heavy atom. The minimum atomic E-state index is -0.00379. The molecule has 0 atom stereocenters. The van der Waals surface area contributed by atoms with Gasteiger partial charge in [0.25, 0.3) is 5.56 Å². The molecular formula is C31H34N2O3. The van der Waals surface area contributed by atoms with E-state index in [1.807, 2.05) is 30.5 Å². The molecule has 0 fully saturated rings. The fourth-order valence-corrected chi connectivity index (χ4v) is 5.54. The Kier molecular flexibility index (Phi) is 6.59. The molecule has 5 nitrogen and oxygen atoms in total. The summed E-state index contributed by atoms with van der Waals surface area (Å²) in [6.45, 7) is 7.19. The van der Waals surface area contributed by atoms with Crippen molar-refractivity contribution < 1.29 is 9.47 Å². The lowest BCUT2D eigenvalue weighted by Crippen LogP contribution is -2.31. The molecule has 2 heterocycles. The minimum absolute atomic E-state index is 0.00379. The van der Waals surface area contributed by atoms with E-state index in [1.165, 1.54) is 16.7 Å². The van der Waals surface area contributed by atoms with Gasteiger partial charge in [0, 0.05) is 43.8 Å². The minimum Gasteiger partial charge on any atom is -0.496 e. The fraction of sp³-hybridized carbons (Fsp3) is 0.323. The van der Waals surface area contributed by atoms with Gasteiger partial charge in [-0.25, -0.2) is 0 Å². The van der Waals surface area contributed by atoms with Gasteiger partial charge in [-0.05, 0) is 58.2 Å². The molecule has 0 radical (unpaired) electrons. The zero-order valence-corrected chi connectivity index (χ0v) is 21.8. The molecular weight excluding hydrogens is 448 g/mol. The number of hydrogen-bond donors (Lipinski definition) is 0. The maximum atomic E-state index is 12.7. The van der Waals surface area contributed by atoms with E-state index >= 15 is 0 Å². The maximum Gasteiger partial charge on any atom is 0.258 e. The van der Waals surface area contributed by atoms with Crippen molar-refractivity contribution in [3.63, 3.8) is 0 Å². The molecule has 0 spiro atoms. The standard InChI is InChI=1S/C31H34N2O3/c1-20(2)23-12-8-9-21-17-33(14-13-24(21)23)19-28-29(35-4)15-22(16-30(28)36-5)27-18-32(3)31(34)26-11-7-6-10-25(26)27/h6-12,15-16,18,20H,13-14,17,19H2,1-5H3. The van der Waals surface area contributed by atoms with Gasteiger partial charge in [0.2, 0.25) is 0 Å². The average molecular weight is 483 g/mol. The van der Waals surface area contributed by atoms with Gasteiger partial charge in [-0.3, -0.25) is 9.69 Å². The van der Waals surface area contributed by atoms with E-state index in [9.17, 15) is 4.79 Å². The van der Waals surface area contributed by atoms with Gasteiger partial charge in [-0.2, -0.15) is 0 Å². The second-order valence-corrected chi connectivity index (χ2v) is 9.96. The molecule has 0 aliphatic carbocycles. The summed E-state index contributed by atoms with van der Waals surface area (Å²) in [5.74, 6) is 2.13. The van der Waals surface area contributed by atoms with Crippen LogP contribution in [0.3, 0.4) is 0 Å². The number of pyridine rings is 1. The van der Waals surface area contributed by atoms with E-state index < -0.39 is 0 Å². The van der Waals surface area contributed by atoms with Gasteiger partial charge < -0.3 is 14.0 Å². The molecule has 0 bridgehead atoms. The highest BCUT2D eigenvalue weighted by molar-refractivity contribution is 5.96. The number of hydrogen-bond acceptors (Lipinski definition) is 4. The van der Waals surface area contributed by atoms with Gasteiger partial charge >= 0.3 is 0 Å². The third-order valence-corrected chi connectivity index (χ3v) is 7.39. The molecule has 0 saturated heterocycles. The van der Waals surface area contributed by atoms with Crippen molar-refractivity contribution in [2.24, 2.45) is 7.05 Å². The van der Waals surface area contributed by atoms with Gasteiger partial charge in [-0.1, -0.05) is 50.2 Å². The number of aromatic nitrogens is 1. The number of fused-ring (bicyclic) bond motifs is 2. The van der Waals surface area contributed by atoms with Crippen LogP contribution in [0, 0.1) is 0 Å². The van der Waals surface area contributed by atoms with Gasteiger partial charge in [0.15, 0.2) is 0 Å². The van der Waals surface area contributed by atoms with Crippen LogP contribution in [-0.2, 0) is 26.6 Å². The summed E-state index contributed by atoms with van der Waals surface area (Å²) in [6.07, 6.45) is 2.95. The van der Waals surface area contributed by atoms with Gasteiger partial charge in [0.1, 0.15) is 11.5 Å². The number of benzene rings is 3. The number of nitrogens with zero attached hydrogens (tertiary/aromatic N) is 2. The monoisotopic (exact) mass is 482 g/mol. The molecule has 4 aromatic rings. The Morgan fingerprint density at radius 3 is 2.31 bits per heavy atom. The first-order valence-electron chi connectivity index (χ1n) is 12.6. The fourth-order valence-electron chi connectivity index (χ4n) is 5.54. The molecule has 5 heteroatoms. The lowest BCUT2D eigenvalue weighted by Gasteiger charge is -2.31. The predicted molar refractivity (Wildman–Crippen MR) is 146 cm³/mol. The third kappa shape index (κ3) is 4.28. The van der Waals surface area contributed by atoms with E-state index in [0.717, 1.165) is 59.6 Å². The molecule has 1 aromatic heterocycles. The molecule has 0 unspecified atom stereocenters. The van der Waals surface area contributed by atoms with Crippen molar-refractivity contribution in [2.45, 2.75) is 39.3 Å². The Balaban J connectivity index is 1.53. The lowest BCUT2D eigenvalue weighted by molar-refractivity contribution is 0.237. The number of methoxy groups -OCH3 is 2. The summed E-state index contributed by atoms with van der Waals surface area (Å²) in [5.41, 5.74) is 7.38. The smallest absolute Gasteiger partial charge is 0.258 e. The molecule has 5 rings (SSSR count). The highest BCUT2D eigenvalue weighted by atomic mass is 16.5. The van der Waals surface area contributed by atoms with Crippen LogP contribution in [0.5, 0.6) is 11.5 Å². The van der Waals surface area contributed by atoms with Crippen molar-refractivity contribution in [3.8, 4) is 22.6 Å². The summed E-state index contributed by atoms with van der Waals surface area (Å²) in [4.78, 5) is 15.2. The van der Waals surface area contributed by atoms with Crippen LogP contribution in [0.25, 0.3) is 21.9 Å². The lowest BCUT2D eigenvalue weighted by atomic mass is 9.89. The molecule has 0 amide bonds. The Morgan fingerprint density at radius 1 is 0.944 bits per heavy atom. The zero-order chi connectivity index (χ0) is 25.4. The van der Waals surface area contributed by atoms with Crippen LogP contribution in [0.15, 0.2) is 65.6 Å². The molecule has 1 aliphatic heterocycles. The summed E-state index contributed by atoms with van der Waals surface area (Å²) in [7, 11) is 5.21. The average Bonchev–Trinajstić information content (AvgIpc) is 2.90. The molecule has 0 N–H and O–H groups in total. The summed E-state index contributed by atoms with van der Waals surface area (Å²) in [6, 6.07) is 18.6. The highest BCUT2D eigenvalue weighted by Gasteiger charge is 2.23. The molecule has 3 aromatic carbocycles. The van der Waals surface area contributed by atoms with E-state index in [2.05, 4.69) is 49.1 Å². The first-order chi connectivity index (χ1) is 17.4. The van der Waals surface area contributed by atoms with Crippen LogP contribution in [0.4, 0.5) is 0 Å². The predicted octanol–water partition coefficient (Wildman–Crippen LogP) is 5.90. The van der Waals surface area contributed by atoms with Crippen molar-refractivity contribution >= 4 is 10.8 Å². The summed E-state index contributed by atoms with van der Waals surface area (Å²) in [5, 5.41) is 1.62. The van der Waals surface area contributed by atoms with Gasteiger partial charge in [0.05, 0.1) is 19.8 Å². The molecule has 186 valence electrons. The summed E-state index contributed by atoms with van der Waals surface area (Å²) >= 11 is 0. The Hall–Kier alpha value is -3.57. The van der Waals surface area contributed by atoms with Crippen LogP contribution in [0.2, 0.25) is 0 Å². The molecule has 36 heavy (non-hydrogen) atoms. The topological polar surface area (TPSA) is 43.7 Å². The SMILES string of the molecule is COc1cc(-c2cn(C)c(=O)c3ccccc23)cc(OC)c1CN1CCc2c(cccc2C(C)C)C1. The largest absolute Gasteiger partial charge is 0.496 e. The van der Waals surface area contributed by atoms with E-state index in [-0.39, 0.29) is 5.56 Å². The second-order valence-electron chi connectivity index (χ2n) is 9.96.